The number of hydrogen-bond donors (Lipinski definition) is 1. The summed E-state index contributed by atoms with van der Waals surface area (Å²) >= 11 is 1.65. The molecule has 3 nitrogen and oxygen atoms in total. The van der Waals surface area contributed by atoms with E-state index in [9.17, 15) is 4.39 Å². The van der Waals surface area contributed by atoms with Gasteiger partial charge >= 0.3 is 0 Å². The summed E-state index contributed by atoms with van der Waals surface area (Å²) in [7, 11) is 1.65. The van der Waals surface area contributed by atoms with Crippen molar-refractivity contribution >= 4 is 32.3 Å². The largest absolute Gasteiger partial charge is 0.496 e. The number of fused-ring (bicyclic) bond motifs is 3. The maximum Gasteiger partial charge on any atom is 0.127 e. The standard InChI is InChI=1S/C22H21FN2OS/c1-12-8-18(26-3)20(14-4-5-15(13(2)10-24)17(23)9-14)21-16-6-7-27-19(16)11-25-22(12)21/h4-9,11,13H,10,24H2,1-3H3/t13-/m0/s1. The van der Waals surface area contributed by atoms with E-state index in [1.165, 1.54) is 0 Å². The molecular weight excluding hydrogens is 359 g/mol. The van der Waals surface area contributed by atoms with Gasteiger partial charge in [-0.2, -0.15) is 0 Å². The molecule has 4 aromatic rings. The molecule has 0 fully saturated rings. The van der Waals surface area contributed by atoms with Crippen molar-refractivity contribution in [2.45, 2.75) is 19.8 Å². The minimum Gasteiger partial charge on any atom is -0.496 e. The van der Waals surface area contributed by atoms with Crippen LogP contribution in [-0.2, 0) is 0 Å². The molecule has 0 spiro atoms. The first-order valence-electron chi connectivity index (χ1n) is 8.88. The number of methoxy groups -OCH3 is 1. The number of rotatable bonds is 4. The van der Waals surface area contributed by atoms with E-state index in [0.717, 1.165) is 43.4 Å². The molecule has 0 saturated carbocycles. The molecule has 138 valence electrons. The molecule has 0 bridgehead atoms. The molecule has 0 aliphatic heterocycles. The lowest BCUT2D eigenvalue weighted by molar-refractivity contribution is 0.416. The third-order valence-corrected chi connectivity index (χ3v) is 5.97. The molecule has 0 saturated heterocycles. The zero-order valence-electron chi connectivity index (χ0n) is 15.5. The molecule has 0 amide bonds. The number of pyridine rings is 1. The molecule has 2 aromatic heterocycles. The fourth-order valence-corrected chi connectivity index (χ4v) is 4.37. The summed E-state index contributed by atoms with van der Waals surface area (Å²) in [6.07, 6.45) is 1.90. The van der Waals surface area contributed by atoms with E-state index in [4.69, 9.17) is 10.5 Å². The Labute approximate surface area is 161 Å². The minimum atomic E-state index is -0.244. The Morgan fingerprint density at radius 1 is 1.26 bits per heavy atom. The Bertz CT molecular complexity index is 1150. The van der Waals surface area contributed by atoms with Gasteiger partial charge in [-0.1, -0.05) is 19.1 Å². The lowest BCUT2D eigenvalue weighted by Gasteiger charge is -2.17. The summed E-state index contributed by atoms with van der Waals surface area (Å²) in [6.45, 7) is 4.36. The van der Waals surface area contributed by atoms with Gasteiger partial charge in [0, 0.05) is 22.5 Å². The van der Waals surface area contributed by atoms with Crippen LogP contribution >= 0.6 is 11.3 Å². The number of nitrogens with two attached hydrogens (primary N) is 1. The van der Waals surface area contributed by atoms with Crippen LogP contribution in [0.15, 0.2) is 41.9 Å². The van der Waals surface area contributed by atoms with Gasteiger partial charge in [0.05, 0.1) is 17.3 Å². The van der Waals surface area contributed by atoms with Crippen molar-refractivity contribution in [3.05, 3.63) is 58.9 Å². The molecule has 2 aromatic carbocycles. The molecule has 0 aliphatic carbocycles. The van der Waals surface area contributed by atoms with Crippen LogP contribution in [0.5, 0.6) is 5.75 Å². The van der Waals surface area contributed by atoms with Crippen LogP contribution in [0, 0.1) is 12.7 Å². The van der Waals surface area contributed by atoms with Crippen LogP contribution in [0.4, 0.5) is 4.39 Å². The van der Waals surface area contributed by atoms with E-state index in [1.807, 2.05) is 38.2 Å². The number of hydrogen-bond acceptors (Lipinski definition) is 4. The van der Waals surface area contributed by atoms with Gasteiger partial charge in [-0.3, -0.25) is 4.98 Å². The summed E-state index contributed by atoms with van der Waals surface area (Å²) in [5.74, 6) is 0.451. The molecule has 0 unspecified atom stereocenters. The zero-order chi connectivity index (χ0) is 19.1. The third kappa shape index (κ3) is 2.87. The summed E-state index contributed by atoms with van der Waals surface area (Å²) < 4.78 is 21.6. The fourth-order valence-electron chi connectivity index (χ4n) is 3.61. The second-order valence-corrected chi connectivity index (χ2v) is 7.77. The monoisotopic (exact) mass is 380 g/mol. The van der Waals surface area contributed by atoms with Crippen LogP contribution in [0.1, 0.15) is 24.0 Å². The lowest BCUT2D eigenvalue weighted by Crippen LogP contribution is -2.10. The first-order valence-corrected chi connectivity index (χ1v) is 9.76. The maximum atomic E-state index is 14.8. The second-order valence-electron chi connectivity index (χ2n) is 6.82. The van der Waals surface area contributed by atoms with Gasteiger partial charge in [-0.25, -0.2) is 4.39 Å². The Morgan fingerprint density at radius 2 is 2.07 bits per heavy atom. The van der Waals surface area contributed by atoms with Crippen molar-refractivity contribution in [2.24, 2.45) is 5.73 Å². The normalized spacial score (nSPS) is 12.6. The number of thiophene rings is 1. The smallest absolute Gasteiger partial charge is 0.127 e. The minimum absolute atomic E-state index is 0.0269. The summed E-state index contributed by atoms with van der Waals surface area (Å²) in [5.41, 5.74) is 9.95. The first kappa shape index (κ1) is 17.9. The van der Waals surface area contributed by atoms with Gasteiger partial charge in [-0.15, -0.1) is 11.3 Å². The van der Waals surface area contributed by atoms with E-state index < -0.39 is 0 Å². The van der Waals surface area contributed by atoms with Crippen molar-refractivity contribution < 1.29 is 9.13 Å². The van der Waals surface area contributed by atoms with Crippen molar-refractivity contribution in [3.8, 4) is 16.9 Å². The second kappa shape index (κ2) is 6.91. The van der Waals surface area contributed by atoms with Crippen LogP contribution in [-0.4, -0.2) is 18.6 Å². The van der Waals surface area contributed by atoms with Crippen LogP contribution in [0.2, 0.25) is 0 Å². The van der Waals surface area contributed by atoms with Gasteiger partial charge < -0.3 is 10.5 Å². The van der Waals surface area contributed by atoms with E-state index in [1.54, 1.807) is 24.5 Å². The van der Waals surface area contributed by atoms with E-state index in [0.29, 0.717) is 12.1 Å². The summed E-state index contributed by atoms with van der Waals surface area (Å²) in [4.78, 5) is 4.67. The number of halogens is 1. The van der Waals surface area contributed by atoms with E-state index in [-0.39, 0.29) is 11.7 Å². The van der Waals surface area contributed by atoms with Gasteiger partial charge in [0.15, 0.2) is 0 Å². The van der Waals surface area contributed by atoms with Gasteiger partial charge in [-0.05, 0) is 59.7 Å². The highest BCUT2D eigenvalue weighted by Crippen LogP contribution is 2.43. The van der Waals surface area contributed by atoms with Crippen molar-refractivity contribution in [1.82, 2.24) is 4.98 Å². The quantitative estimate of drug-likeness (QED) is 0.499. The third-order valence-electron chi connectivity index (χ3n) is 5.12. The molecule has 4 rings (SSSR count). The van der Waals surface area contributed by atoms with Crippen molar-refractivity contribution in [3.63, 3.8) is 0 Å². The molecule has 0 aliphatic rings. The number of aryl methyl sites for hydroxylation is 1. The first-order chi connectivity index (χ1) is 13.0. The average Bonchev–Trinajstić information content (AvgIpc) is 3.16. The van der Waals surface area contributed by atoms with Gasteiger partial charge in [0.2, 0.25) is 0 Å². The molecule has 2 N–H and O–H groups in total. The van der Waals surface area contributed by atoms with Crippen LogP contribution in [0.25, 0.3) is 32.1 Å². The highest BCUT2D eigenvalue weighted by Gasteiger charge is 2.19. The predicted octanol–water partition coefficient (Wildman–Crippen LogP) is 5.63. The van der Waals surface area contributed by atoms with Gasteiger partial charge in [0.25, 0.3) is 0 Å². The molecule has 2 heterocycles. The molecule has 0 radical (unpaired) electrons. The van der Waals surface area contributed by atoms with E-state index >= 15 is 0 Å². The zero-order valence-corrected chi connectivity index (χ0v) is 16.4. The Hall–Kier alpha value is -2.50. The highest BCUT2D eigenvalue weighted by molar-refractivity contribution is 7.17. The molecule has 1 atom stereocenters. The molecule has 5 heteroatoms. The van der Waals surface area contributed by atoms with E-state index in [2.05, 4.69) is 16.4 Å². The Morgan fingerprint density at radius 3 is 2.78 bits per heavy atom. The number of benzene rings is 2. The molecule has 27 heavy (non-hydrogen) atoms. The highest BCUT2D eigenvalue weighted by atomic mass is 32.1. The topological polar surface area (TPSA) is 48.1 Å². The van der Waals surface area contributed by atoms with Crippen molar-refractivity contribution in [2.75, 3.05) is 13.7 Å². The fraction of sp³-hybridized carbons (Fsp3) is 0.227. The van der Waals surface area contributed by atoms with Crippen molar-refractivity contribution in [1.29, 1.82) is 0 Å². The van der Waals surface area contributed by atoms with Crippen LogP contribution < -0.4 is 10.5 Å². The average molecular weight is 380 g/mol. The predicted molar refractivity (Wildman–Crippen MR) is 111 cm³/mol. The number of nitrogens with zero attached hydrogens (tertiary/aromatic N) is 1. The Balaban J connectivity index is 2.07. The SMILES string of the molecule is COc1cc(C)c2ncc3sccc3c2c1-c1ccc([C@@H](C)CN)c(F)c1. The Kier molecular flexibility index (Phi) is 4.58. The maximum absolute atomic E-state index is 14.8. The number of aromatic nitrogens is 1. The molecular formula is C22H21FN2OS. The lowest BCUT2D eigenvalue weighted by atomic mass is 9.92. The van der Waals surface area contributed by atoms with Gasteiger partial charge in [0.1, 0.15) is 11.6 Å². The van der Waals surface area contributed by atoms with Crippen LogP contribution in [0.3, 0.4) is 0 Å². The number of ether oxygens (including phenoxy) is 1. The summed E-state index contributed by atoms with van der Waals surface area (Å²) in [5, 5.41) is 4.17. The summed E-state index contributed by atoms with van der Waals surface area (Å²) in [6, 6.07) is 9.42.